The molecule has 61 heavy (non-hydrogen) atoms. The zero-order valence-corrected chi connectivity index (χ0v) is 33.6. The van der Waals surface area contributed by atoms with E-state index in [9.17, 15) is 0 Å². The Morgan fingerprint density at radius 2 is 0.721 bits per heavy atom. The van der Waals surface area contributed by atoms with Crippen LogP contribution in [0.5, 0.6) is 0 Å². The van der Waals surface area contributed by atoms with Crippen molar-refractivity contribution in [1.82, 2.24) is 0 Å². The summed E-state index contributed by atoms with van der Waals surface area (Å²) in [5.74, 6) is 0. The molecule has 0 saturated carbocycles. The van der Waals surface area contributed by atoms with Gasteiger partial charge in [-0.25, -0.2) is 0 Å². The van der Waals surface area contributed by atoms with Gasteiger partial charge in [-0.05, 0) is 113 Å². The molecule has 0 N–H and O–H groups in total. The van der Waals surface area contributed by atoms with Crippen molar-refractivity contribution in [2.75, 3.05) is 4.90 Å². The molecule has 0 spiro atoms. The van der Waals surface area contributed by atoms with Crippen LogP contribution in [0.4, 0.5) is 17.1 Å². The van der Waals surface area contributed by atoms with Gasteiger partial charge >= 0.3 is 0 Å². The Bertz CT molecular complexity index is 3330. The highest BCUT2D eigenvalue weighted by Crippen LogP contribution is 2.51. The molecule has 0 saturated heterocycles. The summed E-state index contributed by atoms with van der Waals surface area (Å²) in [5, 5.41) is 7.47. The van der Waals surface area contributed by atoms with Gasteiger partial charge in [-0.1, -0.05) is 212 Å². The van der Waals surface area contributed by atoms with Gasteiger partial charge in [0.1, 0.15) is 0 Å². The topological polar surface area (TPSA) is 3.24 Å². The number of hydrogen-bond donors (Lipinski definition) is 0. The van der Waals surface area contributed by atoms with Crippen LogP contribution in [0.25, 0.3) is 88.0 Å². The third-order valence-electron chi connectivity index (χ3n) is 12.0. The van der Waals surface area contributed by atoms with Gasteiger partial charge in [0.05, 0.1) is 11.4 Å². The van der Waals surface area contributed by atoms with Crippen LogP contribution in [-0.2, 0) is 0 Å². The summed E-state index contributed by atoms with van der Waals surface area (Å²) in [7, 11) is 0. The van der Waals surface area contributed by atoms with Crippen molar-refractivity contribution in [3.05, 3.63) is 249 Å². The van der Waals surface area contributed by atoms with Gasteiger partial charge in [0.2, 0.25) is 0 Å². The smallest absolute Gasteiger partial charge is 0.0546 e. The molecule has 0 fully saturated rings. The average Bonchev–Trinajstić information content (AvgIpc) is 3.34. The van der Waals surface area contributed by atoms with Gasteiger partial charge in [0, 0.05) is 16.8 Å². The molecule has 0 aliphatic heterocycles. The largest absolute Gasteiger partial charge is 0.309 e. The maximum atomic E-state index is 2.47. The Morgan fingerprint density at radius 3 is 1.43 bits per heavy atom. The Kier molecular flexibility index (Phi) is 9.26. The zero-order valence-electron chi connectivity index (χ0n) is 33.6. The summed E-state index contributed by atoms with van der Waals surface area (Å²) >= 11 is 0. The third kappa shape index (κ3) is 6.63. The first-order valence-electron chi connectivity index (χ1n) is 21.0. The van der Waals surface area contributed by atoms with E-state index in [2.05, 4.69) is 254 Å². The molecule has 1 nitrogen and oxygen atoms in total. The Morgan fingerprint density at radius 1 is 0.230 bits per heavy atom. The number of para-hydroxylation sites is 1. The SMILES string of the molecule is c1ccc(-c2cc(-c3cccc4ccccc34)ccc2N(c2ccccc2)c2ccc(-c3ccc4ccc5ccccc5c4c3)c(-c3ccccc3)c2-c2ccccc2)cc1. The summed E-state index contributed by atoms with van der Waals surface area (Å²) in [6.45, 7) is 0. The quantitative estimate of drug-likeness (QED) is 0.139. The van der Waals surface area contributed by atoms with Crippen LogP contribution in [0.3, 0.4) is 0 Å². The molecular weight excluding hydrogens is 735 g/mol. The zero-order chi connectivity index (χ0) is 40.5. The Labute approximate surface area is 357 Å². The molecule has 0 aromatic heterocycles. The van der Waals surface area contributed by atoms with E-state index >= 15 is 0 Å². The highest BCUT2D eigenvalue weighted by atomic mass is 15.1. The second kappa shape index (κ2) is 15.6. The summed E-state index contributed by atoms with van der Waals surface area (Å²) < 4.78 is 0. The number of fused-ring (bicyclic) bond motifs is 4. The fourth-order valence-corrected chi connectivity index (χ4v) is 9.20. The van der Waals surface area contributed by atoms with Gasteiger partial charge in [-0.15, -0.1) is 0 Å². The molecular formula is C60H41N. The van der Waals surface area contributed by atoms with Crippen molar-refractivity contribution >= 4 is 49.4 Å². The molecule has 0 aliphatic rings. The Balaban J connectivity index is 1.22. The summed E-state index contributed by atoms with van der Waals surface area (Å²) in [5.41, 5.74) is 15.0. The Hall–Kier alpha value is -8.00. The van der Waals surface area contributed by atoms with Crippen LogP contribution in [0, 0.1) is 0 Å². The third-order valence-corrected chi connectivity index (χ3v) is 12.0. The second-order valence-electron chi connectivity index (χ2n) is 15.6. The first kappa shape index (κ1) is 36.1. The van der Waals surface area contributed by atoms with Crippen molar-refractivity contribution in [3.63, 3.8) is 0 Å². The van der Waals surface area contributed by atoms with Crippen LogP contribution in [0.15, 0.2) is 249 Å². The van der Waals surface area contributed by atoms with Crippen molar-refractivity contribution < 1.29 is 0 Å². The maximum Gasteiger partial charge on any atom is 0.0546 e. The minimum absolute atomic E-state index is 1.08. The lowest BCUT2D eigenvalue weighted by Gasteiger charge is -2.32. The minimum atomic E-state index is 1.08. The standard InChI is InChI=1S/C60H41N/c1-5-18-43(19-6-1)56-41-48(53-31-17-26-42-20-13-15-29-51(42)53)36-38-57(56)61(50-27-11-4-12-28-50)58-39-37-54(49-35-34-45-33-32-44-21-14-16-30-52(44)55(45)40-49)59(46-22-7-2-8-23-46)60(58)47-24-9-3-10-25-47/h1-41H. The fourth-order valence-electron chi connectivity index (χ4n) is 9.20. The van der Waals surface area contributed by atoms with Crippen molar-refractivity contribution in [3.8, 4) is 55.6 Å². The van der Waals surface area contributed by atoms with Gasteiger partial charge in [-0.2, -0.15) is 0 Å². The van der Waals surface area contributed by atoms with Gasteiger partial charge in [-0.3, -0.25) is 0 Å². The van der Waals surface area contributed by atoms with E-state index < -0.39 is 0 Å². The van der Waals surface area contributed by atoms with Crippen molar-refractivity contribution in [2.24, 2.45) is 0 Å². The lowest BCUT2D eigenvalue weighted by atomic mass is 9.85. The molecule has 0 bridgehead atoms. The van der Waals surface area contributed by atoms with Crippen LogP contribution < -0.4 is 4.90 Å². The molecule has 0 aliphatic carbocycles. The first-order valence-corrected chi connectivity index (χ1v) is 21.0. The van der Waals surface area contributed by atoms with Gasteiger partial charge in [0.15, 0.2) is 0 Å². The maximum absolute atomic E-state index is 2.47. The first-order chi connectivity index (χ1) is 30.3. The fraction of sp³-hybridized carbons (Fsp3) is 0. The molecule has 0 heterocycles. The van der Waals surface area contributed by atoms with E-state index in [4.69, 9.17) is 0 Å². The van der Waals surface area contributed by atoms with Crippen molar-refractivity contribution in [2.45, 2.75) is 0 Å². The van der Waals surface area contributed by atoms with E-state index in [1.165, 1.54) is 71.3 Å². The second-order valence-corrected chi connectivity index (χ2v) is 15.6. The number of rotatable bonds is 8. The number of nitrogens with zero attached hydrogens (tertiary/aromatic N) is 1. The van der Waals surface area contributed by atoms with Crippen LogP contribution >= 0.6 is 0 Å². The molecule has 0 radical (unpaired) electrons. The number of anilines is 3. The van der Waals surface area contributed by atoms with Crippen LogP contribution in [0.2, 0.25) is 0 Å². The molecule has 11 aromatic rings. The lowest BCUT2D eigenvalue weighted by molar-refractivity contribution is 1.28. The molecule has 11 rings (SSSR count). The minimum Gasteiger partial charge on any atom is -0.309 e. The van der Waals surface area contributed by atoms with E-state index in [0.29, 0.717) is 0 Å². The van der Waals surface area contributed by atoms with Crippen LogP contribution in [0.1, 0.15) is 0 Å². The molecule has 286 valence electrons. The number of hydrogen-bond acceptors (Lipinski definition) is 1. The summed E-state index contributed by atoms with van der Waals surface area (Å²) in [6.07, 6.45) is 0. The van der Waals surface area contributed by atoms with Crippen molar-refractivity contribution in [1.29, 1.82) is 0 Å². The average molecular weight is 776 g/mol. The summed E-state index contributed by atoms with van der Waals surface area (Å²) in [6, 6.07) is 90.7. The molecule has 0 unspecified atom stereocenters. The van der Waals surface area contributed by atoms with E-state index in [-0.39, 0.29) is 0 Å². The molecule has 1 heteroatoms. The normalized spacial score (nSPS) is 11.3. The predicted molar refractivity (Wildman–Crippen MR) is 261 cm³/mol. The van der Waals surface area contributed by atoms with E-state index in [1.54, 1.807) is 0 Å². The highest BCUT2D eigenvalue weighted by molar-refractivity contribution is 6.11. The van der Waals surface area contributed by atoms with E-state index in [1.807, 2.05) is 0 Å². The summed E-state index contributed by atoms with van der Waals surface area (Å²) in [4.78, 5) is 2.47. The predicted octanol–water partition coefficient (Wildman–Crippen LogP) is 17.0. The monoisotopic (exact) mass is 775 g/mol. The molecule has 0 amide bonds. The lowest BCUT2D eigenvalue weighted by Crippen LogP contribution is -2.13. The van der Waals surface area contributed by atoms with Gasteiger partial charge < -0.3 is 4.90 Å². The number of benzene rings is 11. The molecule has 11 aromatic carbocycles. The van der Waals surface area contributed by atoms with Crippen LogP contribution in [-0.4, -0.2) is 0 Å². The highest BCUT2D eigenvalue weighted by Gasteiger charge is 2.26. The van der Waals surface area contributed by atoms with E-state index in [0.717, 1.165) is 33.8 Å². The molecule has 0 atom stereocenters. The van der Waals surface area contributed by atoms with Gasteiger partial charge in [0.25, 0.3) is 0 Å².